The van der Waals surface area contributed by atoms with Crippen molar-refractivity contribution < 1.29 is 0 Å². The molecule has 0 N–H and O–H groups in total. The van der Waals surface area contributed by atoms with Gasteiger partial charge in [-0.1, -0.05) is 20.8 Å². The van der Waals surface area contributed by atoms with Crippen molar-refractivity contribution >= 4 is 0 Å². The van der Waals surface area contributed by atoms with Crippen LogP contribution in [-0.4, -0.2) is 23.5 Å². The summed E-state index contributed by atoms with van der Waals surface area (Å²) in [6, 6.07) is 1.68. The molecular weight excluding hydrogens is 170 g/mol. The fourth-order valence-corrected chi connectivity index (χ4v) is 3.19. The van der Waals surface area contributed by atoms with E-state index in [2.05, 4.69) is 39.5 Å². The van der Waals surface area contributed by atoms with Gasteiger partial charge in [-0.15, -0.1) is 0 Å². The van der Waals surface area contributed by atoms with Crippen molar-refractivity contribution in [2.24, 2.45) is 17.3 Å². The zero-order valence-corrected chi connectivity index (χ0v) is 10.4. The summed E-state index contributed by atoms with van der Waals surface area (Å²) in [6.07, 6.45) is 2.86. The van der Waals surface area contributed by atoms with Gasteiger partial charge in [0.2, 0.25) is 0 Å². The molecule has 2 rings (SSSR count). The van der Waals surface area contributed by atoms with Gasteiger partial charge < -0.3 is 0 Å². The van der Waals surface area contributed by atoms with E-state index in [1.54, 1.807) is 0 Å². The normalized spacial score (nSPS) is 43.1. The third-order valence-electron chi connectivity index (χ3n) is 4.46. The van der Waals surface area contributed by atoms with Gasteiger partial charge in [0.25, 0.3) is 0 Å². The molecule has 0 radical (unpaired) electrons. The first-order chi connectivity index (χ1) is 6.42. The van der Waals surface area contributed by atoms with Crippen LogP contribution in [0.2, 0.25) is 0 Å². The van der Waals surface area contributed by atoms with Crippen LogP contribution in [0.15, 0.2) is 0 Å². The summed E-state index contributed by atoms with van der Waals surface area (Å²) in [6.45, 7) is 13.3. The number of hydrogen-bond acceptors (Lipinski definition) is 1. The van der Waals surface area contributed by atoms with Crippen LogP contribution >= 0.6 is 0 Å². The molecular formula is C13H25N. The first-order valence-corrected chi connectivity index (χ1v) is 6.17. The lowest BCUT2D eigenvalue weighted by Gasteiger charge is -2.20. The van der Waals surface area contributed by atoms with Crippen LogP contribution in [0.1, 0.15) is 47.5 Å². The van der Waals surface area contributed by atoms with E-state index in [1.165, 1.54) is 19.4 Å². The Balaban J connectivity index is 1.75. The lowest BCUT2D eigenvalue weighted by atomic mass is 9.93. The second kappa shape index (κ2) is 3.23. The Morgan fingerprint density at radius 1 is 1.36 bits per heavy atom. The second-order valence-electron chi connectivity index (χ2n) is 6.41. The van der Waals surface area contributed by atoms with Crippen molar-refractivity contribution in [3.8, 4) is 0 Å². The molecule has 1 nitrogen and oxygen atoms in total. The minimum Gasteiger partial charge on any atom is -0.295 e. The van der Waals surface area contributed by atoms with Crippen molar-refractivity contribution in [3.05, 3.63) is 0 Å². The molecule has 0 bridgehead atoms. The van der Waals surface area contributed by atoms with Gasteiger partial charge in [-0.3, -0.25) is 4.90 Å². The Morgan fingerprint density at radius 2 is 1.86 bits per heavy atom. The summed E-state index contributed by atoms with van der Waals surface area (Å²) in [5.41, 5.74) is 0.656. The number of nitrogens with zero attached hydrogens (tertiary/aromatic N) is 1. The van der Waals surface area contributed by atoms with Gasteiger partial charge in [-0.2, -0.15) is 0 Å². The summed E-state index contributed by atoms with van der Waals surface area (Å²) < 4.78 is 0. The largest absolute Gasteiger partial charge is 0.295 e. The van der Waals surface area contributed by atoms with Crippen molar-refractivity contribution in [1.29, 1.82) is 0 Å². The molecule has 1 heterocycles. The summed E-state index contributed by atoms with van der Waals surface area (Å²) in [4.78, 5) is 2.62. The molecule has 1 aliphatic heterocycles. The standard InChI is InChI=1S/C13H25N/c1-9(12-7-13(12,4)5)6-10(2)14-8-11(14)3/h9-12H,6-8H2,1-5H3. The first kappa shape index (κ1) is 10.5. The molecule has 1 aliphatic carbocycles. The summed E-state index contributed by atoms with van der Waals surface area (Å²) in [5.74, 6) is 1.92. The first-order valence-electron chi connectivity index (χ1n) is 6.17. The SMILES string of the molecule is CC(CC(C)N1CC1C)C1CC1(C)C. The molecule has 5 atom stereocenters. The minimum absolute atomic E-state index is 0.656. The molecule has 82 valence electrons. The van der Waals surface area contributed by atoms with Gasteiger partial charge in [-0.05, 0) is 43.9 Å². The molecule has 0 aromatic carbocycles. The maximum absolute atomic E-state index is 2.62. The van der Waals surface area contributed by atoms with Gasteiger partial charge >= 0.3 is 0 Å². The highest BCUT2D eigenvalue weighted by Crippen LogP contribution is 2.56. The smallest absolute Gasteiger partial charge is 0.0198 e. The third kappa shape index (κ3) is 1.98. The highest BCUT2D eigenvalue weighted by molar-refractivity contribution is 4.99. The Hall–Kier alpha value is -0.0400. The lowest BCUT2D eigenvalue weighted by molar-refractivity contribution is 0.295. The zero-order valence-electron chi connectivity index (χ0n) is 10.4. The predicted molar refractivity (Wildman–Crippen MR) is 61.3 cm³/mol. The highest BCUT2D eigenvalue weighted by Gasteiger charge is 2.49. The Kier molecular flexibility index (Phi) is 2.42. The van der Waals surface area contributed by atoms with E-state index in [-0.39, 0.29) is 0 Å². The van der Waals surface area contributed by atoms with Gasteiger partial charge in [-0.25, -0.2) is 0 Å². The van der Waals surface area contributed by atoms with Crippen LogP contribution in [-0.2, 0) is 0 Å². The van der Waals surface area contributed by atoms with Crippen LogP contribution in [0.25, 0.3) is 0 Å². The fraction of sp³-hybridized carbons (Fsp3) is 1.00. The molecule has 1 saturated heterocycles. The number of rotatable bonds is 4. The minimum atomic E-state index is 0.656. The molecule has 0 aromatic rings. The summed E-state index contributed by atoms with van der Waals surface area (Å²) in [7, 11) is 0. The molecule has 1 saturated carbocycles. The van der Waals surface area contributed by atoms with E-state index < -0.39 is 0 Å². The molecule has 2 fully saturated rings. The zero-order chi connectivity index (χ0) is 10.5. The summed E-state index contributed by atoms with van der Waals surface area (Å²) >= 11 is 0. The second-order valence-corrected chi connectivity index (χ2v) is 6.41. The van der Waals surface area contributed by atoms with Gasteiger partial charge in [0, 0.05) is 18.6 Å². The van der Waals surface area contributed by atoms with Crippen molar-refractivity contribution in [1.82, 2.24) is 4.90 Å². The molecule has 2 aliphatic rings. The Morgan fingerprint density at radius 3 is 2.21 bits per heavy atom. The average Bonchev–Trinajstić information content (AvgIpc) is 2.90. The molecule has 0 aromatic heterocycles. The summed E-state index contributed by atoms with van der Waals surface area (Å²) in [5, 5.41) is 0. The van der Waals surface area contributed by atoms with Crippen molar-refractivity contribution in [3.63, 3.8) is 0 Å². The Labute approximate surface area is 88.9 Å². The van der Waals surface area contributed by atoms with Crippen LogP contribution in [0.5, 0.6) is 0 Å². The molecule has 1 heteroatoms. The van der Waals surface area contributed by atoms with Crippen LogP contribution < -0.4 is 0 Å². The van der Waals surface area contributed by atoms with E-state index in [0.29, 0.717) is 5.41 Å². The van der Waals surface area contributed by atoms with Crippen molar-refractivity contribution in [2.75, 3.05) is 6.54 Å². The molecule has 0 spiro atoms. The van der Waals surface area contributed by atoms with E-state index >= 15 is 0 Å². The average molecular weight is 195 g/mol. The molecule has 5 unspecified atom stereocenters. The Bertz CT molecular complexity index is 221. The topological polar surface area (TPSA) is 3.01 Å². The van der Waals surface area contributed by atoms with E-state index in [9.17, 15) is 0 Å². The van der Waals surface area contributed by atoms with E-state index in [1.807, 2.05) is 0 Å². The van der Waals surface area contributed by atoms with Crippen molar-refractivity contribution in [2.45, 2.75) is 59.5 Å². The van der Waals surface area contributed by atoms with E-state index in [4.69, 9.17) is 0 Å². The monoisotopic (exact) mass is 195 g/mol. The number of hydrogen-bond donors (Lipinski definition) is 0. The fourth-order valence-electron chi connectivity index (χ4n) is 3.19. The van der Waals surface area contributed by atoms with Crippen LogP contribution in [0, 0.1) is 17.3 Å². The van der Waals surface area contributed by atoms with Gasteiger partial charge in [0.1, 0.15) is 0 Å². The van der Waals surface area contributed by atoms with Crippen LogP contribution in [0.4, 0.5) is 0 Å². The van der Waals surface area contributed by atoms with Crippen LogP contribution in [0.3, 0.4) is 0 Å². The lowest BCUT2D eigenvalue weighted by Crippen LogP contribution is -2.20. The van der Waals surface area contributed by atoms with Gasteiger partial charge in [0.05, 0.1) is 0 Å². The maximum Gasteiger partial charge on any atom is 0.0198 e. The predicted octanol–water partition coefficient (Wildman–Crippen LogP) is 3.15. The quantitative estimate of drug-likeness (QED) is 0.623. The highest BCUT2D eigenvalue weighted by atomic mass is 15.3. The maximum atomic E-state index is 2.62. The molecule has 14 heavy (non-hydrogen) atoms. The molecule has 0 amide bonds. The van der Waals surface area contributed by atoms with Gasteiger partial charge in [0.15, 0.2) is 0 Å². The van der Waals surface area contributed by atoms with E-state index in [0.717, 1.165) is 23.9 Å². The third-order valence-corrected chi connectivity index (χ3v) is 4.46.